The molecule has 0 radical (unpaired) electrons. The minimum Gasteiger partial charge on any atom is -0.396 e. The van der Waals surface area contributed by atoms with Crippen LogP contribution in [0.25, 0.3) is 0 Å². The van der Waals surface area contributed by atoms with Crippen molar-refractivity contribution in [3.63, 3.8) is 0 Å². The quantitative estimate of drug-likeness (QED) is 0.842. The molecular formula is C15H22BrNO2. The predicted molar refractivity (Wildman–Crippen MR) is 81.5 cm³/mol. The molecule has 0 bridgehead atoms. The summed E-state index contributed by atoms with van der Waals surface area (Å²) in [5.74, 6) is 0. The van der Waals surface area contributed by atoms with Gasteiger partial charge in [0.1, 0.15) is 0 Å². The fraction of sp³-hybridized carbons (Fsp3) is 0.600. The lowest BCUT2D eigenvalue weighted by atomic mass is 9.90. The van der Waals surface area contributed by atoms with Gasteiger partial charge in [-0.15, -0.1) is 0 Å². The van der Waals surface area contributed by atoms with Crippen LogP contribution in [-0.4, -0.2) is 29.4 Å². The van der Waals surface area contributed by atoms with Crippen LogP contribution in [0.2, 0.25) is 0 Å². The summed E-state index contributed by atoms with van der Waals surface area (Å²) in [5, 5.41) is 18.7. The van der Waals surface area contributed by atoms with Crippen molar-refractivity contribution in [3.05, 3.63) is 28.2 Å². The highest BCUT2D eigenvalue weighted by molar-refractivity contribution is 9.10. The molecule has 4 heteroatoms. The maximum atomic E-state index is 9.67. The van der Waals surface area contributed by atoms with Gasteiger partial charge in [0.25, 0.3) is 0 Å². The predicted octanol–water partition coefficient (Wildman–Crippen LogP) is 3.24. The number of benzene rings is 1. The van der Waals surface area contributed by atoms with Crippen molar-refractivity contribution in [2.75, 3.05) is 18.1 Å². The SMILES string of the molecule is C[C@@H](O)c1ccc(N(CCCO)C2CCC2)cc1Br. The average molecular weight is 328 g/mol. The molecule has 0 aliphatic heterocycles. The summed E-state index contributed by atoms with van der Waals surface area (Å²) in [4.78, 5) is 2.39. The maximum Gasteiger partial charge on any atom is 0.0772 e. The van der Waals surface area contributed by atoms with Gasteiger partial charge in [0, 0.05) is 29.4 Å². The molecule has 0 amide bonds. The van der Waals surface area contributed by atoms with E-state index in [1.165, 1.54) is 24.9 Å². The summed E-state index contributed by atoms with van der Waals surface area (Å²) < 4.78 is 0.952. The van der Waals surface area contributed by atoms with E-state index >= 15 is 0 Å². The third-order valence-electron chi connectivity index (χ3n) is 3.84. The molecule has 0 heterocycles. The Morgan fingerprint density at radius 2 is 2.16 bits per heavy atom. The van der Waals surface area contributed by atoms with Crippen molar-refractivity contribution in [2.45, 2.75) is 44.8 Å². The van der Waals surface area contributed by atoms with Crippen LogP contribution in [0.15, 0.2) is 22.7 Å². The first-order valence-electron chi connectivity index (χ1n) is 6.98. The zero-order valence-corrected chi connectivity index (χ0v) is 12.9. The van der Waals surface area contributed by atoms with E-state index in [0.29, 0.717) is 6.04 Å². The molecular weight excluding hydrogens is 306 g/mol. The van der Waals surface area contributed by atoms with Crippen LogP contribution < -0.4 is 4.90 Å². The zero-order valence-electron chi connectivity index (χ0n) is 11.3. The summed E-state index contributed by atoms with van der Waals surface area (Å²) in [6.45, 7) is 2.90. The molecule has 1 aromatic rings. The molecule has 0 saturated heterocycles. The molecule has 0 unspecified atom stereocenters. The summed E-state index contributed by atoms with van der Waals surface area (Å²) >= 11 is 3.54. The van der Waals surface area contributed by atoms with Gasteiger partial charge in [0.2, 0.25) is 0 Å². The van der Waals surface area contributed by atoms with Gasteiger partial charge in [-0.1, -0.05) is 22.0 Å². The molecule has 0 spiro atoms. The lowest BCUT2D eigenvalue weighted by molar-refractivity contribution is 0.198. The molecule has 106 valence electrons. The van der Waals surface area contributed by atoms with E-state index in [9.17, 15) is 5.11 Å². The van der Waals surface area contributed by atoms with Crippen LogP contribution in [0, 0.1) is 0 Å². The fourth-order valence-electron chi connectivity index (χ4n) is 2.50. The molecule has 1 fully saturated rings. The minimum absolute atomic E-state index is 0.232. The van der Waals surface area contributed by atoms with Gasteiger partial charge in [0.15, 0.2) is 0 Å². The Morgan fingerprint density at radius 3 is 2.63 bits per heavy atom. The number of nitrogens with zero attached hydrogens (tertiary/aromatic N) is 1. The lowest BCUT2D eigenvalue weighted by Crippen LogP contribution is -2.41. The Balaban J connectivity index is 2.18. The molecule has 2 N–H and O–H groups in total. The van der Waals surface area contributed by atoms with Crippen molar-refractivity contribution in [2.24, 2.45) is 0 Å². The number of aliphatic hydroxyl groups excluding tert-OH is 2. The number of anilines is 1. The average Bonchev–Trinajstić information content (AvgIpc) is 2.31. The third-order valence-corrected chi connectivity index (χ3v) is 4.53. The minimum atomic E-state index is -0.460. The van der Waals surface area contributed by atoms with Crippen LogP contribution >= 0.6 is 15.9 Å². The van der Waals surface area contributed by atoms with Gasteiger partial charge >= 0.3 is 0 Å². The van der Waals surface area contributed by atoms with E-state index < -0.39 is 6.10 Å². The van der Waals surface area contributed by atoms with Crippen molar-refractivity contribution in [1.82, 2.24) is 0 Å². The summed E-state index contributed by atoms with van der Waals surface area (Å²) in [5.41, 5.74) is 2.09. The summed E-state index contributed by atoms with van der Waals surface area (Å²) in [6, 6.07) is 6.74. The van der Waals surface area contributed by atoms with E-state index in [2.05, 4.69) is 33.0 Å². The topological polar surface area (TPSA) is 43.7 Å². The molecule has 1 aromatic carbocycles. The molecule has 1 atom stereocenters. The Morgan fingerprint density at radius 1 is 1.42 bits per heavy atom. The van der Waals surface area contributed by atoms with Crippen LogP contribution in [0.5, 0.6) is 0 Å². The van der Waals surface area contributed by atoms with Gasteiger partial charge in [-0.25, -0.2) is 0 Å². The number of aliphatic hydroxyl groups is 2. The highest BCUT2D eigenvalue weighted by atomic mass is 79.9. The Bertz CT molecular complexity index is 419. The monoisotopic (exact) mass is 327 g/mol. The second kappa shape index (κ2) is 6.73. The Hall–Kier alpha value is -0.580. The number of rotatable bonds is 6. The molecule has 1 aliphatic rings. The largest absolute Gasteiger partial charge is 0.396 e. The van der Waals surface area contributed by atoms with Gasteiger partial charge in [-0.05, 0) is 50.3 Å². The van der Waals surface area contributed by atoms with Crippen LogP contribution in [0.1, 0.15) is 44.3 Å². The third kappa shape index (κ3) is 3.50. The first-order valence-corrected chi connectivity index (χ1v) is 7.77. The molecule has 3 nitrogen and oxygen atoms in total. The van der Waals surface area contributed by atoms with Crippen molar-refractivity contribution in [3.8, 4) is 0 Å². The van der Waals surface area contributed by atoms with Crippen LogP contribution in [0.4, 0.5) is 5.69 Å². The number of hydrogen-bond donors (Lipinski definition) is 2. The van der Waals surface area contributed by atoms with Crippen molar-refractivity contribution < 1.29 is 10.2 Å². The number of halogens is 1. The lowest BCUT2D eigenvalue weighted by Gasteiger charge is -2.39. The van der Waals surface area contributed by atoms with E-state index in [-0.39, 0.29) is 6.61 Å². The molecule has 2 rings (SSSR count). The Labute approximate surface area is 123 Å². The normalized spacial score (nSPS) is 17.1. The van der Waals surface area contributed by atoms with E-state index in [1.54, 1.807) is 6.92 Å². The van der Waals surface area contributed by atoms with Gasteiger partial charge in [0.05, 0.1) is 6.10 Å². The maximum absolute atomic E-state index is 9.67. The molecule has 0 aromatic heterocycles. The van der Waals surface area contributed by atoms with Gasteiger partial charge in [-0.3, -0.25) is 0 Å². The summed E-state index contributed by atoms with van der Waals surface area (Å²) in [7, 11) is 0. The first-order chi connectivity index (χ1) is 9.13. The number of hydrogen-bond acceptors (Lipinski definition) is 3. The molecule has 1 aliphatic carbocycles. The van der Waals surface area contributed by atoms with Crippen LogP contribution in [-0.2, 0) is 0 Å². The zero-order chi connectivity index (χ0) is 13.8. The van der Waals surface area contributed by atoms with E-state index in [4.69, 9.17) is 5.11 Å². The van der Waals surface area contributed by atoms with E-state index in [0.717, 1.165) is 23.0 Å². The fourth-order valence-corrected chi connectivity index (χ4v) is 3.19. The summed E-state index contributed by atoms with van der Waals surface area (Å²) in [6.07, 6.45) is 4.11. The molecule has 19 heavy (non-hydrogen) atoms. The first kappa shape index (κ1) is 14.8. The molecule has 1 saturated carbocycles. The second-order valence-electron chi connectivity index (χ2n) is 5.24. The smallest absolute Gasteiger partial charge is 0.0772 e. The highest BCUT2D eigenvalue weighted by Crippen LogP contribution is 2.33. The van der Waals surface area contributed by atoms with Crippen molar-refractivity contribution in [1.29, 1.82) is 0 Å². The second-order valence-corrected chi connectivity index (χ2v) is 6.09. The standard InChI is InChI=1S/C15H22BrNO2/c1-11(19)14-7-6-13(10-15(14)16)17(8-3-9-18)12-4-2-5-12/h6-7,10-12,18-19H,2-5,8-9H2,1H3/t11-/m1/s1. The van der Waals surface area contributed by atoms with Gasteiger partial charge in [-0.2, -0.15) is 0 Å². The Kier molecular flexibility index (Phi) is 5.25. The van der Waals surface area contributed by atoms with E-state index in [1.807, 2.05) is 6.07 Å². The van der Waals surface area contributed by atoms with Crippen molar-refractivity contribution >= 4 is 21.6 Å². The highest BCUT2D eigenvalue weighted by Gasteiger charge is 2.25. The van der Waals surface area contributed by atoms with Gasteiger partial charge < -0.3 is 15.1 Å². The van der Waals surface area contributed by atoms with Crippen LogP contribution in [0.3, 0.4) is 0 Å².